The summed E-state index contributed by atoms with van der Waals surface area (Å²) in [5, 5.41) is 2.48. The third-order valence-electron chi connectivity index (χ3n) is 6.67. The first kappa shape index (κ1) is 27.4. The highest BCUT2D eigenvalue weighted by Crippen LogP contribution is 2.33. The van der Waals surface area contributed by atoms with Crippen LogP contribution in [0.1, 0.15) is 11.3 Å². The zero-order valence-corrected chi connectivity index (χ0v) is 21.8. The molecule has 3 amide bonds. The number of rotatable bonds is 10. The number of amides is 3. The molecule has 10 nitrogen and oxygen atoms in total. The van der Waals surface area contributed by atoms with Gasteiger partial charge in [0, 0.05) is 38.8 Å². The largest absolute Gasteiger partial charge is 0.467 e. The van der Waals surface area contributed by atoms with Crippen molar-refractivity contribution in [1.82, 2.24) is 14.7 Å². The second-order valence-corrected chi connectivity index (χ2v) is 9.45. The number of carbonyl (C=O) groups is 2. The normalized spacial score (nSPS) is 14.7. The first-order chi connectivity index (χ1) is 19.4. The van der Waals surface area contributed by atoms with Gasteiger partial charge in [-0.3, -0.25) is 9.69 Å². The molecule has 3 aromatic rings. The second-order valence-electron chi connectivity index (χ2n) is 9.45. The third kappa shape index (κ3) is 7.07. The lowest BCUT2D eigenvalue weighted by Gasteiger charge is -2.31. The fourth-order valence-electron chi connectivity index (χ4n) is 4.47. The summed E-state index contributed by atoms with van der Waals surface area (Å²) in [6.45, 7) is 3.52. The SMILES string of the molecule is O=C(CN(CCN1CCOCC1)C(=O)Nc1ccc(F)cc1F)N(Cc1ccc2c(c1)OCO2)Cc1ccco1. The summed E-state index contributed by atoms with van der Waals surface area (Å²) in [4.78, 5) is 32.0. The average molecular weight is 557 g/mol. The number of halogens is 2. The quantitative estimate of drug-likeness (QED) is 0.407. The molecule has 1 fully saturated rings. The molecule has 1 N–H and O–H groups in total. The van der Waals surface area contributed by atoms with Crippen LogP contribution >= 0.6 is 0 Å². The van der Waals surface area contributed by atoms with Crippen molar-refractivity contribution in [3.8, 4) is 11.5 Å². The van der Waals surface area contributed by atoms with Gasteiger partial charge >= 0.3 is 6.03 Å². The number of anilines is 1. The van der Waals surface area contributed by atoms with E-state index in [0.717, 1.165) is 17.7 Å². The van der Waals surface area contributed by atoms with Crippen molar-refractivity contribution < 1.29 is 37.0 Å². The number of morpholine rings is 1. The van der Waals surface area contributed by atoms with E-state index in [0.29, 0.717) is 56.2 Å². The van der Waals surface area contributed by atoms with E-state index in [1.807, 2.05) is 12.1 Å². The molecule has 5 rings (SSSR count). The molecule has 0 spiro atoms. The monoisotopic (exact) mass is 556 g/mol. The molecule has 2 aliphatic heterocycles. The summed E-state index contributed by atoms with van der Waals surface area (Å²) in [6.07, 6.45) is 1.53. The van der Waals surface area contributed by atoms with Gasteiger partial charge in [0.2, 0.25) is 12.7 Å². The lowest BCUT2D eigenvalue weighted by molar-refractivity contribution is -0.133. The molecule has 1 aromatic heterocycles. The van der Waals surface area contributed by atoms with Gasteiger partial charge in [0.1, 0.15) is 23.9 Å². The summed E-state index contributed by atoms with van der Waals surface area (Å²) in [5.41, 5.74) is 0.630. The first-order valence-electron chi connectivity index (χ1n) is 12.9. The van der Waals surface area contributed by atoms with Crippen LogP contribution in [0.5, 0.6) is 11.5 Å². The molecule has 12 heteroatoms. The van der Waals surface area contributed by atoms with Crippen LogP contribution in [-0.4, -0.2) is 79.4 Å². The molecule has 0 aliphatic carbocycles. The van der Waals surface area contributed by atoms with Gasteiger partial charge in [0.15, 0.2) is 11.5 Å². The fourth-order valence-corrected chi connectivity index (χ4v) is 4.47. The number of ether oxygens (including phenoxy) is 3. The minimum Gasteiger partial charge on any atom is -0.467 e. The zero-order valence-electron chi connectivity index (χ0n) is 21.8. The van der Waals surface area contributed by atoms with Crippen molar-refractivity contribution in [3.63, 3.8) is 0 Å². The molecular weight excluding hydrogens is 526 g/mol. The number of benzene rings is 2. The summed E-state index contributed by atoms with van der Waals surface area (Å²) in [5.74, 6) is -0.207. The molecule has 0 unspecified atom stereocenters. The Morgan fingerprint density at radius 1 is 0.950 bits per heavy atom. The van der Waals surface area contributed by atoms with Crippen molar-refractivity contribution in [3.05, 3.63) is 77.8 Å². The number of hydrogen-bond donors (Lipinski definition) is 1. The van der Waals surface area contributed by atoms with E-state index in [2.05, 4.69) is 10.2 Å². The van der Waals surface area contributed by atoms with Crippen LogP contribution in [0.2, 0.25) is 0 Å². The van der Waals surface area contributed by atoms with Crippen LogP contribution in [0.3, 0.4) is 0 Å². The number of hydrogen-bond acceptors (Lipinski definition) is 7. The molecule has 2 aliphatic rings. The third-order valence-corrected chi connectivity index (χ3v) is 6.67. The molecule has 1 saturated heterocycles. The highest BCUT2D eigenvalue weighted by atomic mass is 19.1. The minimum absolute atomic E-state index is 0.135. The summed E-state index contributed by atoms with van der Waals surface area (Å²) < 4.78 is 49.4. The maximum atomic E-state index is 14.3. The molecule has 2 aromatic carbocycles. The number of fused-ring (bicyclic) bond motifs is 1. The van der Waals surface area contributed by atoms with Gasteiger partial charge < -0.3 is 33.7 Å². The van der Waals surface area contributed by atoms with Crippen LogP contribution in [0.15, 0.2) is 59.2 Å². The number of urea groups is 1. The van der Waals surface area contributed by atoms with Gasteiger partial charge in [0.05, 0.1) is 31.7 Å². The smallest absolute Gasteiger partial charge is 0.322 e. The van der Waals surface area contributed by atoms with Crippen molar-refractivity contribution in [1.29, 1.82) is 0 Å². The predicted molar refractivity (Wildman–Crippen MR) is 140 cm³/mol. The maximum Gasteiger partial charge on any atom is 0.322 e. The fraction of sp³-hybridized carbons (Fsp3) is 0.357. The van der Waals surface area contributed by atoms with Crippen LogP contribution in [0, 0.1) is 11.6 Å². The van der Waals surface area contributed by atoms with Crippen LogP contribution in [0.4, 0.5) is 19.3 Å². The van der Waals surface area contributed by atoms with Gasteiger partial charge in [-0.25, -0.2) is 13.6 Å². The van der Waals surface area contributed by atoms with E-state index >= 15 is 0 Å². The van der Waals surface area contributed by atoms with E-state index in [9.17, 15) is 18.4 Å². The molecular formula is C28H30F2N4O6. The van der Waals surface area contributed by atoms with E-state index < -0.39 is 17.7 Å². The average Bonchev–Trinajstić information content (AvgIpc) is 3.64. The Morgan fingerprint density at radius 3 is 2.55 bits per heavy atom. The minimum atomic E-state index is -0.907. The van der Waals surface area contributed by atoms with E-state index in [1.165, 1.54) is 11.2 Å². The number of nitrogens with zero attached hydrogens (tertiary/aromatic N) is 3. The standard InChI is InChI=1S/C28H30F2N4O6/c29-21-4-5-24(23(30)15-21)31-28(36)33(8-7-32-9-12-37-13-10-32)18-27(35)34(17-22-2-1-11-38-22)16-20-3-6-25-26(14-20)40-19-39-25/h1-6,11,14-15H,7-10,12-13,16-19H2,(H,31,36). The van der Waals surface area contributed by atoms with Crippen LogP contribution < -0.4 is 14.8 Å². The van der Waals surface area contributed by atoms with Gasteiger partial charge in [-0.15, -0.1) is 0 Å². The Balaban J connectivity index is 1.33. The van der Waals surface area contributed by atoms with E-state index in [4.69, 9.17) is 18.6 Å². The number of furan rings is 1. The summed E-state index contributed by atoms with van der Waals surface area (Å²) >= 11 is 0. The molecule has 0 saturated carbocycles. The molecule has 3 heterocycles. The Bertz CT molecular complexity index is 1320. The van der Waals surface area contributed by atoms with Crippen molar-refractivity contribution in [2.24, 2.45) is 0 Å². The lowest BCUT2D eigenvalue weighted by atomic mass is 10.2. The zero-order chi connectivity index (χ0) is 27.9. The van der Waals surface area contributed by atoms with Crippen molar-refractivity contribution >= 4 is 17.6 Å². The molecule has 0 bridgehead atoms. The summed E-state index contributed by atoms with van der Waals surface area (Å²) in [6, 6.07) is 11.2. The highest BCUT2D eigenvalue weighted by molar-refractivity contribution is 5.92. The van der Waals surface area contributed by atoms with Crippen LogP contribution in [0.25, 0.3) is 0 Å². The Morgan fingerprint density at radius 2 is 1.77 bits per heavy atom. The predicted octanol–water partition coefficient (Wildman–Crippen LogP) is 3.68. The second kappa shape index (κ2) is 12.8. The van der Waals surface area contributed by atoms with E-state index in [1.54, 1.807) is 23.1 Å². The maximum absolute atomic E-state index is 14.3. The Hall–Kier alpha value is -4.16. The summed E-state index contributed by atoms with van der Waals surface area (Å²) in [7, 11) is 0. The van der Waals surface area contributed by atoms with Gasteiger partial charge in [-0.2, -0.15) is 0 Å². The van der Waals surface area contributed by atoms with E-state index in [-0.39, 0.29) is 44.6 Å². The topological polar surface area (TPSA) is 96.7 Å². The van der Waals surface area contributed by atoms with Gasteiger partial charge in [-0.1, -0.05) is 6.07 Å². The Labute approximate surface area is 230 Å². The van der Waals surface area contributed by atoms with Gasteiger partial charge in [0.25, 0.3) is 0 Å². The first-order valence-corrected chi connectivity index (χ1v) is 12.9. The lowest BCUT2D eigenvalue weighted by Crippen LogP contribution is -2.48. The highest BCUT2D eigenvalue weighted by Gasteiger charge is 2.25. The van der Waals surface area contributed by atoms with Crippen molar-refractivity contribution in [2.75, 3.05) is 58.0 Å². The van der Waals surface area contributed by atoms with Crippen molar-refractivity contribution in [2.45, 2.75) is 13.1 Å². The molecule has 0 radical (unpaired) electrons. The van der Waals surface area contributed by atoms with Gasteiger partial charge in [-0.05, 0) is 42.0 Å². The van der Waals surface area contributed by atoms with Crippen LogP contribution in [-0.2, 0) is 22.6 Å². The molecule has 212 valence electrons. The number of nitrogens with one attached hydrogen (secondary N) is 1. The molecule has 40 heavy (non-hydrogen) atoms. The molecule has 0 atom stereocenters. The Kier molecular flexibility index (Phi) is 8.77. The number of carbonyl (C=O) groups excluding carboxylic acids is 2.